The molecule has 1 fully saturated rings. The number of piperidine rings is 1. The lowest BCUT2D eigenvalue weighted by atomic mass is 9.90. The van der Waals surface area contributed by atoms with Crippen LogP contribution in [0.5, 0.6) is 0 Å². The third-order valence-electron chi connectivity index (χ3n) is 4.21. The molecule has 1 aliphatic rings. The van der Waals surface area contributed by atoms with Crippen LogP contribution in [0.1, 0.15) is 25.3 Å². The fourth-order valence-electron chi connectivity index (χ4n) is 2.52. The normalized spacial score (nSPS) is 18.9. The molecule has 1 heterocycles. The van der Waals surface area contributed by atoms with Gasteiger partial charge in [-0.05, 0) is 48.3 Å². The summed E-state index contributed by atoms with van der Waals surface area (Å²) in [6.45, 7) is 5.01. The Morgan fingerprint density at radius 3 is 2.65 bits per heavy atom. The summed E-state index contributed by atoms with van der Waals surface area (Å²) in [5.74, 6) is 0. The van der Waals surface area contributed by atoms with Crippen LogP contribution in [0.4, 0.5) is 5.69 Å². The van der Waals surface area contributed by atoms with E-state index in [1.165, 1.54) is 6.07 Å². The molecule has 0 radical (unpaired) electrons. The zero-order valence-electron chi connectivity index (χ0n) is 11.9. The molecule has 0 aliphatic carbocycles. The predicted octanol–water partition coefficient (Wildman–Crippen LogP) is 2.93. The van der Waals surface area contributed by atoms with E-state index in [0.29, 0.717) is 4.47 Å². The standard InChI is InChI=1S/C14H20BrN3O2/c1-14(16-2)6-8-17(9-7-14)10-11-4-3-5-12(13(11)15)18(19)20/h3-5,16H,6-10H2,1-2H3. The zero-order valence-corrected chi connectivity index (χ0v) is 13.4. The highest BCUT2D eigenvalue weighted by atomic mass is 79.9. The number of rotatable bonds is 4. The van der Waals surface area contributed by atoms with Crippen molar-refractivity contribution < 1.29 is 4.92 Å². The molecule has 1 aliphatic heterocycles. The highest BCUT2D eigenvalue weighted by molar-refractivity contribution is 9.10. The average molecular weight is 342 g/mol. The fourth-order valence-corrected chi connectivity index (χ4v) is 3.06. The van der Waals surface area contributed by atoms with E-state index in [0.717, 1.165) is 38.0 Å². The first-order valence-electron chi connectivity index (χ1n) is 6.78. The maximum atomic E-state index is 10.9. The Hall–Kier alpha value is -0.980. The van der Waals surface area contributed by atoms with Crippen LogP contribution < -0.4 is 5.32 Å². The molecule has 0 atom stereocenters. The summed E-state index contributed by atoms with van der Waals surface area (Å²) in [6, 6.07) is 5.23. The molecule has 0 bridgehead atoms. The first-order chi connectivity index (χ1) is 9.45. The molecule has 1 aromatic rings. The summed E-state index contributed by atoms with van der Waals surface area (Å²) >= 11 is 3.36. The Bertz CT molecular complexity index is 499. The first kappa shape index (κ1) is 15.4. The minimum atomic E-state index is -0.345. The maximum absolute atomic E-state index is 10.9. The molecule has 0 saturated carbocycles. The van der Waals surface area contributed by atoms with Crippen LogP contribution in [0.25, 0.3) is 0 Å². The second kappa shape index (κ2) is 6.20. The minimum Gasteiger partial charge on any atom is -0.314 e. The summed E-state index contributed by atoms with van der Waals surface area (Å²) in [7, 11) is 2.01. The Kier molecular flexibility index (Phi) is 4.78. The van der Waals surface area contributed by atoms with Gasteiger partial charge in [0.1, 0.15) is 0 Å². The molecule has 1 saturated heterocycles. The summed E-state index contributed by atoms with van der Waals surface area (Å²) < 4.78 is 0.604. The molecule has 5 nitrogen and oxygen atoms in total. The summed E-state index contributed by atoms with van der Waals surface area (Å²) in [6.07, 6.45) is 2.19. The molecule has 0 unspecified atom stereocenters. The summed E-state index contributed by atoms with van der Waals surface area (Å²) in [5.41, 5.74) is 1.34. The van der Waals surface area contributed by atoms with Crippen molar-refractivity contribution in [2.45, 2.75) is 31.8 Å². The highest BCUT2D eigenvalue weighted by Crippen LogP contribution is 2.30. The third kappa shape index (κ3) is 3.37. The van der Waals surface area contributed by atoms with Crippen molar-refractivity contribution in [1.82, 2.24) is 10.2 Å². The molecule has 20 heavy (non-hydrogen) atoms. The Balaban J connectivity index is 2.05. The fraction of sp³-hybridized carbons (Fsp3) is 0.571. The van der Waals surface area contributed by atoms with Gasteiger partial charge in [0.2, 0.25) is 0 Å². The largest absolute Gasteiger partial charge is 0.314 e. The number of nitro groups is 1. The van der Waals surface area contributed by atoms with Crippen LogP contribution in [0.3, 0.4) is 0 Å². The van der Waals surface area contributed by atoms with E-state index in [1.807, 2.05) is 13.1 Å². The average Bonchev–Trinajstić information content (AvgIpc) is 2.43. The van der Waals surface area contributed by atoms with E-state index in [9.17, 15) is 10.1 Å². The summed E-state index contributed by atoms with van der Waals surface area (Å²) in [5, 5.41) is 14.3. The Labute approximate surface area is 127 Å². The van der Waals surface area contributed by atoms with Crippen LogP contribution in [0.15, 0.2) is 22.7 Å². The van der Waals surface area contributed by atoms with Crippen molar-refractivity contribution in [1.29, 1.82) is 0 Å². The predicted molar refractivity (Wildman–Crippen MR) is 82.8 cm³/mol. The lowest BCUT2D eigenvalue weighted by molar-refractivity contribution is -0.385. The Morgan fingerprint density at radius 1 is 1.45 bits per heavy atom. The number of nitrogens with one attached hydrogen (secondary N) is 1. The van der Waals surface area contributed by atoms with Gasteiger partial charge in [-0.1, -0.05) is 12.1 Å². The van der Waals surface area contributed by atoms with Crippen molar-refractivity contribution in [2.24, 2.45) is 0 Å². The van der Waals surface area contributed by atoms with E-state index in [1.54, 1.807) is 6.07 Å². The van der Waals surface area contributed by atoms with Crippen LogP contribution in [0.2, 0.25) is 0 Å². The molecule has 0 aromatic heterocycles. The molecule has 1 aromatic carbocycles. The molecular formula is C14H20BrN3O2. The maximum Gasteiger partial charge on any atom is 0.283 e. The lowest BCUT2D eigenvalue weighted by Gasteiger charge is -2.39. The van der Waals surface area contributed by atoms with Gasteiger partial charge in [-0.15, -0.1) is 0 Å². The van der Waals surface area contributed by atoms with Crippen LogP contribution in [-0.2, 0) is 6.54 Å². The van der Waals surface area contributed by atoms with Crippen molar-refractivity contribution in [3.63, 3.8) is 0 Å². The van der Waals surface area contributed by atoms with Gasteiger partial charge in [-0.25, -0.2) is 0 Å². The zero-order chi connectivity index (χ0) is 14.8. The molecule has 0 amide bonds. The van der Waals surface area contributed by atoms with Gasteiger partial charge in [0.25, 0.3) is 5.69 Å². The van der Waals surface area contributed by atoms with Gasteiger partial charge < -0.3 is 5.32 Å². The van der Waals surface area contributed by atoms with Crippen molar-refractivity contribution in [3.8, 4) is 0 Å². The van der Waals surface area contributed by atoms with E-state index < -0.39 is 0 Å². The SMILES string of the molecule is CNC1(C)CCN(Cc2cccc([N+](=O)[O-])c2Br)CC1. The van der Waals surface area contributed by atoms with E-state index in [-0.39, 0.29) is 16.1 Å². The molecule has 110 valence electrons. The van der Waals surface area contributed by atoms with Gasteiger partial charge in [-0.3, -0.25) is 15.0 Å². The number of hydrogen-bond donors (Lipinski definition) is 1. The highest BCUT2D eigenvalue weighted by Gasteiger charge is 2.28. The van der Waals surface area contributed by atoms with Crippen molar-refractivity contribution in [3.05, 3.63) is 38.3 Å². The second-order valence-electron chi connectivity index (χ2n) is 5.59. The number of nitrogens with zero attached hydrogens (tertiary/aromatic N) is 2. The van der Waals surface area contributed by atoms with Crippen LogP contribution in [0, 0.1) is 10.1 Å². The van der Waals surface area contributed by atoms with Gasteiger partial charge in [0.05, 0.1) is 9.40 Å². The van der Waals surface area contributed by atoms with E-state index >= 15 is 0 Å². The smallest absolute Gasteiger partial charge is 0.283 e. The number of likely N-dealkylation sites (tertiary alicyclic amines) is 1. The second-order valence-corrected chi connectivity index (χ2v) is 6.39. The first-order valence-corrected chi connectivity index (χ1v) is 7.57. The molecule has 1 N–H and O–H groups in total. The van der Waals surface area contributed by atoms with E-state index in [4.69, 9.17) is 0 Å². The van der Waals surface area contributed by atoms with Crippen molar-refractivity contribution >= 4 is 21.6 Å². The minimum absolute atomic E-state index is 0.138. The Morgan fingerprint density at radius 2 is 2.10 bits per heavy atom. The molecule has 2 rings (SSSR count). The number of nitro benzene ring substituents is 1. The molecular weight excluding hydrogens is 322 g/mol. The molecule has 6 heteroatoms. The topological polar surface area (TPSA) is 58.4 Å². The van der Waals surface area contributed by atoms with Gasteiger partial charge in [-0.2, -0.15) is 0 Å². The third-order valence-corrected chi connectivity index (χ3v) is 5.13. The van der Waals surface area contributed by atoms with Gasteiger partial charge in [0, 0.05) is 31.2 Å². The van der Waals surface area contributed by atoms with Gasteiger partial charge >= 0.3 is 0 Å². The van der Waals surface area contributed by atoms with Crippen LogP contribution >= 0.6 is 15.9 Å². The quantitative estimate of drug-likeness (QED) is 0.675. The monoisotopic (exact) mass is 341 g/mol. The number of benzene rings is 1. The summed E-state index contributed by atoms with van der Waals surface area (Å²) in [4.78, 5) is 12.9. The van der Waals surface area contributed by atoms with Crippen molar-refractivity contribution in [2.75, 3.05) is 20.1 Å². The molecule has 0 spiro atoms. The van der Waals surface area contributed by atoms with Gasteiger partial charge in [0.15, 0.2) is 0 Å². The number of hydrogen-bond acceptors (Lipinski definition) is 4. The van der Waals surface area contributed by atoms with E-state index in [2.05, 4.69) is 33.1 Å². The number of halogens is 1. The lowest BCUT2D eigenvalue weighted by Crippen LogP contribution is -2.49. The van der Waals surface area contributed by atoms with Crippen LogP contribution in [-0.4, -0.2) is 35.5 Å².